The highest BCUT2D eigenvalue weighted by Crippen LogP contribution is 2.40. The summed E-state index contributed by atoms with van der Waals surface area (Å²) in [5.74, 6) is -1.96. The van der Waals surface area contributed by atoms with E-state index in [-0.39, 0.29) is 46.1 Å². The molecule has 0 N–H and O–H groups in total. The van der Waals surface area contributed by atoms with Crippen LogP contribution in [-0.4, -0.2) is 123 Å². The zero-order valence-electron chi connectivity index (χ0n) is 44.8. The summed E-state index contributed by atoms with van der Waals surface area (Å²) >= 11 is 0. The van der Waals surface area contributed by atoms with Crippen LogP contribution < -0.4 is 0 Å². The van der Waals surface area contributed by atoms with E-state index in [2.05, 4.69) is 10.0 Å². The van der Waals surface area contributed by atoms with Gasteiger partial charge >= 0.3 is 24.0 Å². The zero-order valence-corrected chi connectivity index (χ0v) is 44.8. The monoisotopic (exact) mass is 1100 g/mol. The maximum absolute atomic E-state index is 13.5. The fraction of sp³-hybridized carbons (Fsp3) is 0.433. The Bertz CT molecular complexity index is 2730. The number of unbranched alkanes of at least 4 members (excludes halogenated alkanes) is 2. The van der Waals surface area contributed by atoms with Crippen molar-refractivity contribution in [3.05, 3.63) is 190 Å². The van der Waals surface area contributed by atoms with Gasteiger partial charge in [-0.2, -0.15) is 0 Å². The minimum absolute atomic E-state index is 0.00729. The van der Waals surface area contributed by atoms with E-state index >= 15 is 0 Å². The summed E-state index contributed by atoms with van der Waals surface area (Å²) in [5, 5.41) is 4.19. The molecule has 0 saturated carbocycles. The highest BCUT2D eigenvalue weighted by molar-refractivity contribution is 5.71. The van der Waals surface area contributed by atoms with Gasteiger partial charge in [0, 0.05) is 44.0 Å². The number of nitrogens with zero attached hydrogens (tertiary/aromatic N) is 4. The molecule has 1 amide bonds. The Kier molecular flexibility index (Phi) is 22.8. The van der Waals surface area contributed by atoms with Crippen LogP contribution in [-0.2, 0) is 97.6 Å². The molecule has 3 aliphatic rings. The molecule has 0 aliphatic carbocycles. The molecule has 0 aromatic heterocycles. The highest BCUT2D eigenvalue weighted by Gasteiger charge is 2.56. The molecule has 3 saturated heterocycles. The molecule has 0 spiro atoms. The van der Waals surface area contributed by atoms with Crippen LogP contribution in [0.2, 0.25) is 0 Å². The molecule has 3 aliphatic heterocycles. The highest BCUT2D eigenvalue weighted by atomic mass is 16.8. The first-order valence-electron chi connectivity index (χ1n) is 26.8. The van der Waals surface area contributed by atoms with E-state index < -0.39 is 98.2 Å². The van der Waals surface area contributed by atoms with E-state index in [1.807, 2.05) is 152 Å². The van der Waals surface area contributed by atoms with Gasteiger partial charge in [0.1, 0.15) is 62.5 Å². The second-order valence-corrected chi connectivity index (χ2v) is 19.3. The number of carbonyl (C=O) groups excluding carboxylic acids is 4. The number of esters is 3. The minimum Gasteiger partial charge on any atom is -0.465 e. The maximum Gasteiger partial charge on any atom is 0.410 e. The fourth-order valence-corrected chi connectivity index (χ4v) is 9.49. The normalized spacial score (nSPS) is 24.2. The van der Waals surface area contributed by atoms with E-state index in [1.54, 1.807) is 4.90 Å². The van der Waals surface area contributed by atoms with E-state index in [0.717, 1.165) is 27.8 Å². The SMILES string of the molecule is CC(=O)OCCC(=O)OCC1OC(OCCCCCN(Cc2ccccc2)C(=O)OCc2ccccc2)C(N=[N+]=[N-])C(OCc2ccccc2)C1OC1OC2COC(c3ccccc3)OC2C(OCc2ccccc2)C1OC(C)=O. The predicted molar refractivity (Wildman–Crippen MR) is 286 cm³/mol. The van der Waals surface area contributed by atoms with E-state index in [9.17, 15) is 24.7 Å². The van der Waals surface area contributed by atoms with Crippen LogP contribution in [0.1, 0.15) is 73.6 Å². The third kappa shape index (κ3) is 17.6. The molecule has 3 fully saturated rings. The van der Waals surface area contributed by atoms with Gasteiger partial charge in [-0.1, -0.05) is 157 Å². The molecular formula is C60H68N4O16. The molecule has 11 atom stereocenters. The van der Waals surface area contributed by atoms with Crippen molar-refractivity contribution < 1.29 is 76.0 Å². The number of rotatable bonds is 27. The van der Waals surface area contributed by atoms with Crippen molar-refractivity contribution in [1.82, 2.24) is 4.90 Å². The second-order valence-electron chi connectivity index (χ2n) is 19.3. The van der Waals surface area contributed by atoms with E-state index in [1.165, 1.54) is 13.8 Å². The summed E-state index contributed by atoms with van der Waals surface area (Å²) in [6.45, 7) is 2.89. The largest absolute Gasteiger partial charge is 0.465 e. The lowest BCUT2D eigenvalue weighted by Crippen LogP contribution is -2.67. The van der Waals surface area contributed by atoms with Gasteiger partial charge in [-0.3, -0.25) is 14.4 Å². The first kappa shape index (κ1) is 58.9. The first-order valence-corrected chi connectivity index (χ1v) is 26.8. The van der Waals surface area contributed by atoms with Crippen molar-refractivity contribution in [3.63, 3.8) is 0 Å². The first-order chi connectivity index (χ1) is 39.1. The van der Waals surface area contributed by atoms with E-state index in [4.69, 9.17) is 56.8 Å². The van der Waals surface area contributed by atoms with Gasteiger partial charge in [0.2, 0.25) is 0 Å². The van der Waals surface area contributed by atoms with Crippen molar-refractivity contribution in [1.29, 1.82) is 0 Å². The van der Waals surface area contributed by atoms with Crippen molar-refractivity contribution in [2.45, 2.75) is 134 Å². The zero-order chi connectivity index (χ0) is 55.9. The number of hydrogen-bond acceptors (Lipinski definition) is 17. The Morgan fingerprint density at radius 1 is 0.600 bits per heavy atom. The summed E-state index contributed by atoms with van der Waals surface area (Å²) in [6.07, 6.45) is -10.3. The van der Waals surface area contributed by atoms with Crippen LogP contribution in [0.3, 0.4) is 0 Å². The summed E-state index contributed by atoms with van der Waals surface area (Å²) in [7, 11) is 0. The van der Waals surface area contributed by atoms with Crippen LogP contribution in [0.25, 0.3) is 10.4 Å². The molecule has 11 unspecified atom stereocenters. The standard InChI is InChI=1S/C60H68N4O16/c1-41(65)69-34-31-50(67)71-39-48-52(80-59-56(76-42(2)66)55(73-37-45-25-13-5-14-26-45)53-49(78-59)40-74-57(79-53)47-29-17-7-18-30-47)54(72-36-44-23-11-4-12-24-44)51(62-63-61)58(77-48)70-33-20-8-19-32-64(35-43-21-9-3-10-22-43)60(68)75-38-46-27-15-6-16-28-46/h3-7,9-18,21-30,48-49,51-59H,8,19-20,31-40H2,1-2H3. The third-order valence-electron chi connectivity index (χ3n) is 13.4. The number of carbonyl (C=O) groups is 4. The number of amides is 1. The van der Waals surface area contributed by atoms with Crippen molar-refractivity contribution in [2.75, 3.05) is 33.0 Å². The quantitative estimate of drug-likeness (QED) is 0.0119. The Labute approximate surface area is 464 Å². The van der Waals surface area contributed by atoms with Crippen LogP contribution >= 0.6 is 0 Å². The van der Waals surface area contributed by atoms with Crippen LogP contribution in [0.5, 0.6) is 0 Å². The molecule has 20 nitrogen and oxygen atoms in total. The van der Waals surface area contributed by atoms with Crippen molar-refractivity contribution in [2.24, 2.45) is 5.11 Å². The predicted octanol–water partition coefficient (Wildman–Crippen LogP) is 9.24. The Morgan fingerprint density at radius 3 is 1.81 bits per heavy atom. The van der Waals surface area contributed by atoms with Gasteiger partial charge in [0.15, 0.2) is 25.0 Å². The fourth-order valence-electron chi connectivity index (χ4n) is 9.49. The second kappa shape index (κ2) is 30.9. The van der Waals surface area contributed by atoms with Crippen molar-refractivity contribution in [3.8, 4) is 0 Å². The van der Waals surface area contributed by atoms with Gasteiger partial charge in [-0.25, -0.2) is 4.79 Å². The summed E-state index contributed by atoms with van der Waals surface area (Å²) in [4.78, 5) is 56.4. The lowest BCUT2D eigenvalue weighted by atomic mass is 9.94. The molecule has 0 radical (unpaired) electrons. The third-order valence-corrected chi connectivity index (χ3v) is 13.4. The lowest BCUT2D eigenvalue weighted by molar-refractivity contribution is -0.386. The Morgan fingerprint density at radius 2 is 1.20 bits per heavy atom. The molecule has 5 aromatic carbocycles. The van der Waals surface area contributed by atoms with Crippen LogP contribution in [0.4, 0.5) is 4.79 Å². The molecular weight excluding hydrogens is 1030 g/mol. The van der Waals surface area contributed by atoms with Gasteiger partial charge in [0.05, 0.1) is 26.2 Å². The van der Waals surface area contributed by atoms with Gasteiger partial charge in [-0.05, 0) is 47.0 Å². The summed E-state index contributed by atoms with van der Waals surface area (Å²) in [5.41, 5.74) is 14.4. The number of fused-ring (bicyclic) bond motifs is 1. The minimum atomic E-state index is -1.44. The molecule has 0 bridgehead atoms. The lowest BCUT2D eigenvalue weighted by Gasteiger charge is -2.51. The van der Waals surface area contributed by atoms with Gasteiger partial charge in [-0.15, -0.1) is 0 Å². The molecule has 8 rings (SSSR count). The van der Waals surface area contributed by atoms with Gasteiger partial charge < -0.3 is 61.7 Å². The summed E-state index contributed by atoms with van der Waals surface area (Å²) in [6, 6.07) is 46.0. The summed E-state index contributed by atoms with van der Waals surface area (Å²) < 4.78 is 75.6. The number of hydrogen-bond donors (Lipinski definition) is 0. The van der Waals surface area contributed by atoms with Crippen LogP contribution in [0.15, 0.2) is 157 Å². The van der Waals surface area contributed by atoms with Crippen LogP contribution in [0, 0.1) is 0 Å². The molecule has 424 valence electrons. The van der Waals surface area contributed by atoms with Gasteiger partial charge in [0.25, 0.3) is 0 Å². The molecule has 5 aromatic rings. The Balaban J connectivity index is 1.04. The number of ether oxygens (including phenoxy) is 12. The average molecular weight is 1100 g/mol. The topological polar surface area (TPSA) is 231 Å². The molecule has 80 heavy (non-hydrogen) atoms. The Hall–Kier alpha value is -7.23. The smallest absolute Gasteiger partial charge is 0.410 e. The number of azide groups is 1. The van der Waals surface area contributed by atoms with Crippen molar-refractivity contribution >= 4 is 24.0 Å². The van der Waals surface area contributed by atoms with E-state index in [0.29, 0.717) is 32.4 Å². The number of benzene rings is 5. The maximum atomic E-state index is 13.5. The molecule has 20 heteroatoms. The molecule has 3 heterocycles. The average Bonchev–Trinajstić information content (AvgIpc) is 3.49.